The van der Waals surface area contributed by atoms with E-state index >= 15 is 0 Å². The van der Waals surface area contributed by atoms with Crippen molar-refractivity contribution in [2.24, 2.45) is 0 Å². The van der Waals surface area contributed by atoms with Gasteiger partial charge in [0.25, 0.3) is 0 Å². The molecule has 0 atom stereocenters. The number of aryl methyl sites for hydroxylation is 1. The summed E-state index contributed by atoms with van der Waals surface area (Å²) < 4.78 is 1.89. The first-order valence-electron chi connectivity index (χ1n) is 6.24. The number of carbonyl (C=O) groups is 1. The molecule has 0 aliphatic carbocycles. The van der Waals surface area contributed by atoms with E-state index in [-0.39, 0.29) is 5.78 Å². The van der Waals surface area contributed by atoms with E-state index < -0.39 is 0 Å². The van der Waals surface area contributed by atoms with Crippen molar-refractivity contribution in [2.75, 3.05) is 0 Å². The Morgan fingerprint density at radius 2 is 1.84 bits per heavy atom. The van der Waals surface area contributed by atoms with Gasteiger partial charge in [0.05, 0.1) is 23.9 Å². The first kappa shape index (κ1) is 11.7. The van der Waals surface area contributed by atoms with Crippen LogP contribution in [0.15, 0.2) is 54.9 Å². The molecule has 3 nitrogen and oxygen atoms in total. The van der Waals surface area contributed by atoms with Crippen molar-refractivity contribution in [3.8, 4) is 0 Å². The summed E-state index contributed by atoms with van der Waals surface area (Å²) in [5.41, 5.74) is 3.80. The van der Waals surface area contributed by atoms with Crippen LogP contribution < -0.4 is 0 Å². The standard InChI is InChI=1S/C16H14N2O/c1-12-6-8-13(9-7-12)16(19)10-18-11-17-14-4-2-3-5-15(14)18/h2-9,11H,10H2,1H3. The van der Waals surface area contributed by atoms with E-state index in [4.69, 9.17) is 0 Å². The fraction of sp³-hybridized carbons (Fsp3) is 0.125. The van der Waals surface area contributed by atoms with E-state index in [1.807, 2.05) is 60.0 Å². The smallest absolute Gasteiger partial charge is 0.182 e. The summed E-state index contributed by atoms with van der Waals surface area (Å²) in [6.07, 6.45) is 1.72. The second-order valence-electron chi connectivity index (χ2n) is 4.65. The van der Waals surface area contributed by atoms with E-state index in [0.717, 1.165) is 22.2 Å². The third-order valence-corrected chi connectivity index (χ3v) is 3.21. The zero-order chi connectivity index (χ0) is 13.2. The fourth-order valence-corrected chi connectivity index (χ4v) is 2.12. The summed E-state index contributed by atoms with van der Waals surface area (Å²) in [6.45, 7) is 2.33. The van der Waals surface area contributed by atoms with Crippen LogP contribution >= 0.6 is 0 Å². The van der Waals surface area contributed by atoms with E-state index in [1.165, 1.54) is 0 Å². The molecule has 1 heterocycles. The number of imidazole rings is 1. The van der Waals surface area contributed by atoms with Crippen LogP contribution in [0.1, 0.15) is 15.9 Å². The molecule has 0 saturated carbocycles. The van der Waals surface area contributed by atoms with Crippen molar-refractivity contribution in [3.05, 3.63) is 66.0 Å². The molecule has 1 aromatic heterocycles. The lowest BCUT2D eigenvalue weighted by Gasteiger charge is -2.04. The molecule has 0 unspecified atom stereocenters. The lowest BCUT2D eigenvalue weighted by atomic mass is 10.1. The van der Waals surface area contributed by atoms with Gasteiger partial charge in [0.2, 0.25) is 0 Å². The minimum absolute atomic E-state index is 0.100. The highest BCUT2D eigenvalue weighted by Gasteiger charge is 2.08. The number of para-hydroxylation sites is 2. The SMILES string of the molecule is Cc1ccc(C(=O)Cn2cnc3ccccc32)cc1. The van der Waals surface area contributed by atoms with E-state index in [9.17, 15) is 4.79 Å². The number of hydrogen-bond acceptors (Lipinski definition) is 2. The second-order valence-corrected chi connectivity index (χ2v) is 4.65. The Hall–Kier alpha value is -2.42. The summed E-state index contributed by atoms with van der Waals surface area (Å²) in [5, 5.41) is 0. The van der Waals surface area contributed by atoms with E-state index in [1.54, 1.807) is 6.33 Å². The van der Waals surface area contributed by atoms with Gasteiger partial charge in [-0.15, -0.1) is 0 Å². The molecule has 3 rings (SSSR count). The molecule has 94 valence electrons. The topological polar surface area (TPSA) is 34.9 Å². The maximum absolute atomic E-state index is 12.2. The highest BCUT2D eigenvalue weighted by atomic mass is 16.1. The Morgan fingerprint density at radius 3 is 2.63 bits per heavy atom. The van der Waals surface area contributed by atoms with Gasteiger partial charge in [0.1, 0.15) is 0 Å². The van der Waals surface area contributed by atoms with Crippen molar-refractivity contribution in [3.63, 3.8) is 0 Å². The van der Waals surface area contributed by atoms with Crippen molar-refractivity contribution < 1.29 is 4.79 Å². The van der Waals surface area contributed by atoms with Crippen molar-refractivity contribution in [1.29, 1.82) is 0 Å². The number of fused-ring (bicyclic) bond motifs is 1. The van der Waals surface area contributed by atoms with Crippen molar-refractivity contribution >= 4 is 16.8 Å². The largest absolute Gasteiger partial charge is 0.323 e. The average molecular weight is 250 g/mol. The summed E-state index contributed by atoms with van der Waals surface area (Å²) in [7, 11) is 0. The van der Waals surface area contributed by atoms with Crippen LogP contribution in [0.25, 0.3) is 11.0 Å². The Labute approximate surface area is 111 Å². The Bertz CT molecular complexity index is 726. The van der Waals surface area contributed by atoms with Crippen molar-refractivity contribution in [1.82, 2.24) is 9.55 Å². The second kappa shape index (κ2) is 4.69. The van der Waals surface area contributed by atoms with Gasteiger partial charge >= 0.3 is 0 Å². The number of benzene rings is 2. The predicted octanol–water partition coefficient (Wildman–Crippen LogP) is 3.23. The van der Waals surface area contributed by atoms with Crippen LogP contribution in [0, 0.1) is 6.92 Å². The summed E-state index contributed by atoms with van der Waals surface area (Å²) >= 11 is 0. The van der Waals surface area contributed by atoms with Crippen LogP contribution in [0.3, 0.4) is 0 Å². The third-order valence-electron chi connectivity index (χ3n) is 3.21. The summed E-state index contributed by atoms with van der Waals surface area (Å²) in [6, 6.07) is 15.5. The van der Waals surface area contributed by atoms with Gasteiger partial charge in [-0.05, 0) is 19.1 Å². The van der Waals surface area contributed by atoms with Crippen molar-refractivity contribution in [2.45, 2.75) is 13.5 Å². The number of nitrogens with zero attached hydrogens (tertiary/aromatic N) is 2. The minimum Gasteiger partial charge on any atom is -0.323 e. The number of rotatable bonds is 3. The zero-order valence-corrected chi connectivity index (χ0v) is 10.7. The number of aromatic nitrogens is 2. The molecule has 0 aliphatic rings. The van der Waals surface area contributed by atoms with Gasteiger partial charge < -0.3 is 4.57 Å². The molecule has 0 radical (unpaired) electrons. The number of carbonyl (C=O) groups excluding carboxylic acids is 1. The minimum atomic E-state index is 0.100. The quantitative estimate of drug-likeness (QED) is 0.669. The van der Waals surface area contributed by atoms with Gasteiger partial charge in [-0.25, -0.2) is 4.98 Å². The van der Waals surface area contributed by atoms with Gasteiger partial charge in [0, 0.05) is 5.56 Å². The van der Waals surface area contributed by atoms with Gasteiger partial charge in [-0.2, -0.15) is 0 Å². The van der Waals surface area contributed by atoms with Crippen LogP contribution in [0.2, 0.25) is 0 Å². The Morgan fingerprint density at radius 1 is 1.11 bits per heavy atom. The van der Waals surface area contributed by atoms with Crippen LogP contribution in [-0.2, 0) is 6.54 Å². The van der Waals surface area contributed by atoms with Crippen LogP contribution in [0.4, 0.5) is 0 Å². The molecule has 0 saturated heterocycles. The molecule has 2 aromatic carbocycles. The number of ketones is 1. The van der Waals surface area contributed by atoms with Crippen LogP contribution in [0.5, 0.6) is 0 Å². The van der Waals surface area contributed by atoms with Crippen LogP contribution in [-0.4, -0.2) is 15.3 Å². The highest BCUT2D eigenvalue weighted by Crippen LogP contribution is 2.13. The third kappa shape index (κ3) is 2.27. The molecule has 0 aliphatic heterocycles. The number of hydrogen-bond donors (Lipinski definition) is 0. The molecular weight excluding hydrogens is 236 g/mol. The fourth-order valence-electron chi connectivity index (χ4n) is 2.12. The molecule has 0 bridgehead atoms. The summed E-state index contributed by atoms with van der Waals surface area (Å²) in [5.74, 6) is 0.100. The summed E-state index contributed by atoms with van der Waals surface area (Å²) in [4.78, 5) is 16.5. The normalized spacial score (nSPS) is 10.8. The first-order chi connectivity index (χ1) is 9.24. The zero-order valence-electron chi connectivity index (χ0n) is 10.7. The molecule has 3 heteroatoms. The maximum Gasteiger partial charge on any atom is 0.182 e. The molecule has 3 aromatic rings. The highest BCUT2D eigenvalue weighted by molar-refractivity contribution is 5.96. The van der Waals surface area contributed by atoms with E-state index in [0.29, 0.717) is 6.54 Å². The first-order valence-corrected chi connectivity index (χ1v) is 6.24. The van der Waals surface area contributed by atoms with Gasteiger partial charge in [0.15, 0.2) is 5.78 Å². The van der Waals surface area contributed by atoms with Gasteiger partial charge in [-0.3, -0.25) is 4.79 Å². The van der Waals surface area contributed by atoms with E-state index in [2.05, 4.69) is 4.98 Å². The number of Topliss-reactive ketones (excluding diaryl/α,β-unsaturated/α-hetero) is 1. The average Bonchev–Trinajstić information content (AvgIpc) is 2.83. The monoisotopic (exact) mass is 250 g/mol. The Balaban J connectivity index is 1.89. The predicted molar refractivity (Wildman–Crippen MR) is 75.2 cm³/mol. The Kier molecular flexibility index (Phi) is 2.88. The molecule has 0 fully saturated rings. The molecule has 19 heavy (non-hydrogen) atoms. The molecular formula is C16H14N2O. The maximum atomic E-state index is 12.2. The molecule has 0 amide bonds. The molecule has 0 spiro atoms. The van der Waals surface area contributed by atoms with Gasteiger partial charge in [-0.1, -0.05) is 42.0 Å². The lowest BCUT2D eigenvalue weighted by Crippen LogP contribution is -2.09. The molecule has 0 N–H and O–H groups in total. The lowest BCUT2D eigenvalue weighted by molar-refractivity contribution is 0.0973.